The zero-order valence-corrected chi connectivity index (χ0v) is 15.9. The maximum Gasteiger partial charge on any atom is 0.416 e. The fraction of sp³-hybridized carbons (Fsp3) is 0.150. The van der Waals surface area contributed by atoms with Crippen molar-refractivity contribution in [1.29, 1.82) is 0 Å². The maximum absolute atomic E-state index is 12.6. The molecule has 1 N–H and O–H groups in total. The van der Waals surface area contributed by atoms with Gasteiger partial charge in [0.15, 0.2) is 11.2 Å². The minimum atomic E-state index is -4.50. The zero-order chi connectivity index (χ0) is 21.0. The lowest BCUT2D eigenvalue weighted by molar-refractivity contribution is -0.137. The molecule has 9 heteroatoms. The molecule has 1 atom stereocenters. The Labute approximate surface area is 168 Å². The van der Waals surface area contributed by atoms with Gasteiger partial charge in [-0.15, -0.1) is 11.3 Å². The summed E-state index contributed by atoms with van der Waals surface area (Å²) in [6, 6.07) is 13.0. The van der Waals surface area contributed by atoms with Gasteiger partial charge >= 0.3 is 12.1 Å². The number of rotatable bonds is 5. The summed E-state index contributed by atoms with van der Waals surface area (Å²) in [7, 11) is 0. The topological polar surface area (TPSA) is 68.3 Å². The molecule has 0 radical (unpaired) electrons. The lowest BCUT2D eigenvalue weighted by Gasteiger charge is -2.13. The molecule has 0 saturated heterocycles. The van der Waals surface area contributed by atoms with Crippen LogP contribution >= 0.6 is 11.3 Å². The molecule has 0 aliphatic carbocycles. The van der Waals surface area contributed by atoms with Crippen LogP contribution in [0.5, 0.6) is 0 Å². The van der Waals surface area contributed by atoms with Gasteiger partial charge in [0.2, 0.25) is 0 Å². The number of esters is 1. The van der Waals surface area contributed by atoms with Crippen molar-refractivity contribution in [3.8, 4) is 11.3 Å². The summed E-state index contributed by atoms with van der Waals surface area (Å²) in [6.07, 6.45) is -5.66. The second kappa shape index (κ2) is 8.44. The number of amides is 1. The van der Waals surface area contributed by atoms with Gasteiger partial charge in [-0.25, -0.2) is 9.78 Å². The first-order chi connectivity index (χ1) is 13.7. The number of alkyl halides is 3. The number of thiazole rings is 1. The Morgan fingerprint density at radius 2 is 1.72 bits per heavy atom. The van der Waals surface area contributed by atoms with E-state index < -0.39 is 29.7 Å². The van der Waals surface area contributed by atoms with Gasteiger partial charge in [0.1, 0.15) is 0 Å². The Morgan fingerprint density at radius 3 is 2.34 bits per heavy atom. The molecule has 2 aromatic carbocycles. The number of hydrogen-bond donors (Lipinski definition) is 1. The van der Waals surface area contributed by atoms with Crippen LogP contribution in [-0.4, -0.2) is 23.0 Å². The molecule has 0 fully saturated rings. The molecular formula is C20H15F3N2O3S. The van der Waals surface area contributed by atoms with E-state index in [9.17, 15) is 22.8 Å². The van der Waals surface area contributed by atoms with Gasteiger partial charge in [0.25, 0.3) is 5.91 Å². The molecule has 3 rings (SSSR count). The quantitative estimate of drug-likeness (QED) is 0.589. The Balaban J connectivity index is 1.59. The highest BCUT2D eigenvalue weighted by Gasteiger charge is 2.30. The summed E-state index contributed by atoms with van der Waals surface area (Å²) in [5.41, 5.74) is 0.627. The average molecular weight is 420 g/mol. The molecule has 150 valence electrons. The second-order valence-electron chi connectivity index (χ2n) is 6.02. The molecule has 1 amide bonds. The lowest BCUT2D eigenvalue weighted by atomic mass is 10.1. The van der Waals surface area contributed by atoms with Gasteiger partial charge in [-0.1, -0.05) is 30.3 Å². The van der Waals surface area contributed by atoms with Crippen LogP contribution in [0.15, 0.2) is 60.0 Å². The van der Waals surface area contributed by atoms with Gasteiger partial charge in [0, 0.05) is 10.9 Å². The number of hydrogen-bond acceptors (Lipinski definition) is 5. The summed E-state index contributed by atoms with van der Waals surface area (Å²) in [6.45, 7) is 1.36. The number of halogens is 3. The van der Waals surface area contributed by atoms with Crippen molar-refractivity contribution in [2.24, 2.45) is 0 Å². The van der Waals surface area contributed by atoms with Crippen LogP contribution in [0.4, 0.5) is 18.3 Å². The number of carbonyl (C=O) groups excluding carboxylic acids is 2. The molecule has 29 heavy (non-hydrogen) atoms. The molecule has 0 spiro atoms. The molecule has 1 aromatic heterocycles. The third kappa shape index (κ3) is 5.20. The van der Waals surface area contributed by atoms with E-state index in [1.54, 1.807) is 5.38 Å². The third-order valence-corrected chi connectivity index (χ3v) is 4.66. The Kier molecular flexibility index (Phi) is 5.97. The van der Waals surface area contributed by atoms with Crippen LogP contribution in [0.3, 0.4) is 0 Å². The number of aromatic nitrogens is 1. The van der Waals surface area contributed by atoms with E-state index in [4.69, 9.17) is 4.74 Å². The van der Waals surface area contributed by atoms with Crippen molar-refractivity contribution in [3.63, 3.8) is 0 Å². The molecule has 0 aliphatic heterocycles. The van der Waals surface area contributed by atoms with Gasteiger partial charge in [-0.05, 0) is 31.2 Å². The van der Waals surface area contributed by atoms with E-state index in [0.717, 1.165) is 29.8 Å². The minimum absolute atomic E-state index is 0.0849. The largest absolute Gasteiger partial charge is 0.449 e. The van der Waals surface area contributed by atoms with E-state index in [1.807, 2.05) is 30.3 Å². The van der Waals surface area contributed by atoms with Crippen LogP contribution in [0.2, 0.25) is 0 Å². The lowest BCUT2D eigenvalue weighted by Crippen LogP contribution is -2.30. The Hall–Kier alpha value is -3.20. The standard InChI is InChI=1S/C20H15F3N2O3S/c1-12(28-18(27)14-7-9-15(10-8-14)20(21,22)23)17(26)25-19-24-16(11-29-19)13-5-3-2-4-6-13/h2-12H,1H3,(H,24,25,26)/t12-/m0/s1. The smallest absolute Gasteiger partial charge is 0.416 e. The highest BCUT2D eigenvalue weighted by molar-refractivity contribution is 7.14. The molecule has 0 unspecified atom stereocenters. The van der Waals surface area contributed by atoms with Crippen LogP contribution in [0.1, 0.15) is 22.8 Å². The van der Waals surface area contributed by atoms with Crippen molar-refractivity contribution in [2.75, 3.05) is 5.32 Å². The normalized spacial score (nSPS) is 12.3. The molecular weight excluding hydrogens is 405 g/mol. The fourth-order valence-corrected chi connectivity index (χ4v) is 3.08. The van der Waals surface area contributed by atoms with Gasteiger partial charge in [-0.3, -0.25) is 10.1 Å². The molecule has 1 heterocycles. The molecule has 3 aromatic rings. The third-order valence-electron chi connectivity index (χ3n) is 3.90. The highest BCUT2D eigenvalue weighted by Crippen LogP contribution is 2.29. The summed E-state index contributed by atoms with van der Waals surface area (Å²) < 4.78 is 42.8. The summed E-state index contributed by atoms with van der Waals surface area (Å²) in [5, 5.41) is 4.68. The van der Waals surface area contributed by atoms with Gasteiger partial charge in [-0.2, -0.15) is 13.2 Å². The summed E-state index contributed by atoms with van der Waals surface area (Å²) >= 11 is 1.22. The number of anilines is 1. The molecule has 0 aliphatic rings. The molecule has 5 nitrogen and oxygen atoms in total. The monoisotopic (exact) mass is 420 g/mol. The van der Waals surface area contributed by atoms with E-state index in [2.05, 4.69) is 10.3 Å². The predicted molar refractivity (Wildman–Crippen MR) is 103 cm³/mol. The van der Waals surface area contributed by atoms with Gasteiger partial charge in [0.05, 0.1) is 16.8 Å². The van der Waals surface area contributed by atoms with Crippen molar-refractivity contribution in [1.82, 2.24) is 4.98 Å². The number of ether oxygens (including phenoxy) is 1. The van der Waals surface area contributed by atoms with E-state index in [0.29, 0.717) is 10.8 Å². The van der Waals surface area contributed by atoms with Gasteiger partial charge < -0.3 is 4.74 Å². The first-order valence-corrected chi connectivity index (χ1v) is 9.32. The summed E-state index contributed by atoms with van der Waals surface area (Å²) in [5.74, 6) is -1.50. The fourth-order valence-electron chi connectivity index (χ4n) is 2.36. The van der Waals surface area contributed by atoms with Crippen LogP contribution < -0.4 is 5.32 Å². The van der Waals surface area contributed by atoms with Crippen LogP contribution in [0.25, 0.3) is 11.3 Å². The number of carbonyl (C=O) groups is 2. The second-order valence-corrected chi connectivity index (χ2v) is 6.87. The number of nitrogens with zero attached hydrogens (tertiary/aromatic N) is 1. The van der Waals surface area contributed by atoms with Crippen LogP contribution in [0, 0.1) is 0 Å². The van der Waals surface area contributed by atoms with E-state index >= 15 is 0 Å². The minimum Gasteiger partial charge on any atom is -0.449 e. The van der Waals surface area contributed by atoms with Crippen molar-refractivity contribution < 1.29 is 27.5 Å². The first kappa shape index (κ1) is 20.5. The van der Waals surface area contributed by atoms with Crippen molar-refractivity contribution >= 4 is 28.3 Å². The average Bonchev–Trinajstić information content (AvgIpc) is 3.16. The summed E-state index contributed by atoms with van der Waals surface area (Å²) in [4.78, 5) is 28.6. The van der Waals surface area contributed by atoms with E-state index in [-0.39, 0.29) is 5.56 Å². The maximum atomic E-state index is 12.6. The SMILES string of the molecule is C[C@H](OC(=O)c1ccc(C(F)(F)F)cc1)C(=O)Nc1nc(-c2ccccc2)cs1. The number of nitrogens with one attached hydrogen (secondary N) is 1. The molecule has 0 saturated carbocycles. The zero-order valence-electron chi connectivity index (χ0n) is 15.1. The van der Waals surface area contributed by atoms with E-state index in [1.165, 1.54) is 18.3 Å². The number of benzene rings is 2. The van der Waals surface area contributed by atoms with Crippen molar-refractivity contribution in [3.05, 3.63) is 71.1 Å². The van der Waals surface area contributed by atoms with Crippen LogP contribution in [-0.2, 0) is 15.7 Å². The Morgan fingerprint density at radius 1 is 1.07 bits per heavy atom. The first-order valence-electron chi connectivity index (χ1n) is 8.44. The molecule has 0 bridgehead atoms. The highest BCUT2D eigenvalue weighted by atomic mass is 32.1. The predicted octanol–water partition coefficient (Wildman–Crippen LogP) is 5.01. The van der Waals surface area contributed by atoms with Crippen molar-refractivity contribution in [2.45, 2.75) is 19.2 Å². The Bertz CT molecular complexity index is 1000.